The summed E-state index contributed by atoms with van der Waals surface area (Å²) in [4.78, 5) is 0.608. The van der Waals surface area contributed by atoms with Crippen molar-refractivity contribution < 1.29 is 9.60 Å². The summed E-state index contributed by atoms with van der Waals surface area (Å²) in [5.74, 6) is 0.703. The molecule has 3 aromatic rings. The molecule has 4 heteroatoms. The zero-order chi connectivity index (χ0) is 16.1. The Labute approximate surface area is 134 Å². The van der Waals surface area contributed by atoms with Crippen LogP contribution in [0.2, 0.25) is 0 Å². The van der Waals surface area contributed by atoms with Gasteiger partial charge in [-0.15, -0.1) is 0 Å². The Morgan fingerprint density at radius 1 is 0.783 bits per heavy atom. The second kappa shape index (κ2) is 6.75. The fraction of sp³-hybridized carbons (Fsp3) is 0.0526. The average Bonchev–Trinajstić information content (AvgIpc) is 2.63. The summed E-state index contributed by atoms with van der Waals surface area (Å²) in [6.07, 6.45) is 0. The lowest BCUT2D eigenvalue weighted by molar-refractivity contribution is -0.435. The molecule has 0 saturated heterocycles. The zero-order valence-corrected chi connectivity index (χ0v) is 12.7. The molecule has 0 heterocycles. The second-order valence-corrected chi connectivity index (χ2v) is 4.98. The van der Waals surface area contributed by atoms with E-state index in [-0.39, 0.29) is 0 Å². The monoisotopic (exact) mass is 304 g/mol. The van der Waals surface area contributed by atoms with Crippen molar-refractivity contribution in [2.24, 2.45) is 5.11 Å². The first-order valence-corrected chi connectivity index (χ1v) is 7.25. The number of hydrogen-bond acceptors (Lipinski definition) is 3. The van der Waals surface area contributed by atoms with E-state index in [2.05, 4.69) is 5.11 Å². The molecule has 4 nitrogen and oxygen atoms in total. The normalized spacial score (nSPS) is 11.3. The van der Waals surface area contributed by atoms with Crippen molar-refractivity contribution in [3.05, 3.63) is 84.1 Å². The van der Waals surface area contributed by atoms with E-state index in [1.807, 2.05) is 54.6 Å². The van der Waals surface area contributed by atoms with Gasteiger partial charge in [-0.25, -0.2) is 0 Å². The Kier molecular flexibility index (Phi) is 4.34. The number of methoxy groups -OCH3 is 1. The van der Waals surface area contributed by atoms with Gasteiger partial charge in [-0.3, -0.25) is 0 Å². The minimum atomic E-state index is 0.456. The molecule has 0 radical (unpaired) electrons. The molecule has 0 aromatic heterocycles. The standard InChI is InChI=1S/C19H16N2O2/c1-23-19-13-11-18(12-14-19)21(22)20-17-9-7-16(8-10-17)15-5-3-2-4-6-15/h2-14H,1H3. The minimum Gasteiger partial charge on any atom is -0.594 e. The Morgan fingerprint density at radius 3 is 2.00 bits per heavy atom. The van der Waals surface area contributed by atoms with E-state index >= 15 is 0 Å². The lowest BCUT2D eigenvalue weighted by Crippen LogP contribution is -1.90. The summed E-state index contributed by atoms with van der Waals surface area (Å²) < 4.78 is 5.07. The molecule has 23 heavy (non-hydrogen) atoms. The molecular weight excluding hydrogens is 288 g/mol. The molecule has 0 N–H and O–H groups in total. The van der Waals surface area contributed by atoms with E-state index in [0.717, 1.165) is 11.1 Å². The van der Waals surface area contributed by atoms with Gasteiger partial charge in [-0.1, -0.05) is 47.3 Å². The van der Waals surface area contributed by atoms with E-state index in [1.54, 1.807) is 31.4 Å². The van der Waals surface area contributed by atoms with Crippen molar-refractivity contribution >= 4 is 11.4 Å². The highest BCUT2D eigenvalue weighted by Crippen LogP contribution is 2.24. The highest BCUT2D eigenvalue weighted by Gasteiger charge is 2.05. The van der Waals surface area contributed by atoms with E-state index < -0.39 is 0 Å². The highest BCUT2D eigenvalue weighted by atomic mass is 16.5. The van der Waals surface area contributed by atoms with Gasteiger partial charge in [0.15, 0.2) is 0 Å². The maximum Gasteiger partial charge on any atom is 0.245 e. The van der Waals surface area contributed by atoms with Crippen molar-refractivity contribution in [2.45, 2.75) is 0 Å². The third-order valence-corrected chi connectivity index (χ3v) is 3.47. The van der Waals surface area contributed by atoms with Crippen LogP contribution < -0.4 is 4.74 Å². The fourth-order valence-corrected chi connectivity index (χ4v) is 2.22. The van der Waals surface area contributed by atoms with Crippen molar-refractivity contribution in [2.75, 3.05) is 7.11 Å². The lowest BCUT2D eigenvalue weighted by atomic mass is 10.1. The largest absolute Gasteiger partial charge is 0.594 e. The Hall–Kier alpha value is -3.14. The number of azo groups is 1. The number of nitrogens with zero attached hydrogens (tertiary/aromatic N) is 2. The van der Waals surface area contributed by atoms with Crippen LogP contribution in [0.4, 0.5) is 11.4 Å². The van der Waals surface area contributed by atoms with Crippen LogP contribution >= 0.6 is 0 Å². The third-order valence-electron chi connectivity index (χ3n) is 3.47. The average molecular weight is 304 g/mol. The summed E-state index contributed by atoms with van der Waals surface area (Å²) in [5.41, 5.74) is 3.29. The zero-order valence-electron chi connectivity index (χ0n) is 12.7. The Morgan fingerprint density at radius 2 is 1.39 bits per heavy atom. The first-order chi connectivity index (χ1) is 11.3. The van der Waals surface area contributed by atoms with Gasteiger partial charge in [0, 0.05) is 17.2 Å². The van der Waals surface area contributed by atoms with Crippen LogP contribution in [0.15, 0.2) is 84.0 Å². The number of rotatable bonds is 4. The number of benzene rings is 3. The molecule has 114 valence electrons. The molecule has 0 amide bonds. The number of hydrogen-bond donors (Lipinski definition) is 0. The lowest BCUT2D eigenvalue weighted by Gasteiger charge is -2.03. The van der Waals surface area contributed by atoms with Crippen LogP contribution in [0.3, 0.4) is 0 Å². The van der Waals surface area contributed by atoms with Crippen LogP contribution in [-0.2, 0) is 0 Å². The first kappa shape index (κ1) is 14.8. The van der Waals surface area contributed by atoms with Crippen molar-refractivity contribution in [3.8, 4) is 16.9 Å². The van der Waals surface area contributed by atoms with Gasteiger partial charge in [0.2, 0.25) is 5.69 Å². The molecular formula is C19H16N2O2. The minimum absolute atomic E-state index is 0.456. The summed E-state index contributed by atoms with van der Waals surface area (Å²) in [6, 6.07) is 24.4. The molecule has 0 atom stereocenters. The quantitative estimate of drug-likeness (QED) is 0.373. The molecule has 3 aromatic carbocycles. The van der Waals surface area contributed by atoms with Crippen LogP contribution in [0, 0.1) is 5.21 Å². The highest BCUT2D eigenvalue weighted by molar-refractivity contribution is 5.65. The maximum absolute atomic E-state index is 12.1. The van der Waals surface area contributed by atoms with Gasteiger partial charge < -0.3 is 9.94 Å². The molecule has 0 unspecified atom stereocenters. The Bertz CT molecular complexity index is 795. The Balaban J connectivity index is 1.81. The summed E-state index contributed by atoms with van der Waals surface area (Å²) >= 11 is 0. The van der Waals surface area contributed by atoms with Crippen molar-refractivity contribution in [1.29, 1.82) is 0 Å². The topological polar surface area (TPSA) is 47.7 Å². The van der Waals surface area contributed by atoms with Crippen molar-refractivity contribution in [3.63, 3.8) is 0 Å². The fourth-order valence-electron chi connectivity index (χ4n) is 2.22. The van der Waals surface area contributed by atoms with Gasteiger partial charge in [0.25, 0.3) is 0 Å². The molecule has 0 aliphatic rings. The van der Waals surface area contributed by atoms with Gasteiger partial charge in [0.05, 0.1) is 7.11 Å². The van der Waals surface area contributed by atoms with E-state index in [1.165, 1.54) is 0 Å². The molecule has 0 fully saturated rings. The smallest absolute Gasteiger partial charge is 0.245 e. The SMILES string of the molecule is COc1ccc([N+]([O-])=Nc2ccc(-c3ccccc3)cc2)cc1. The maximum atomic E-state index is 12.1. The van der Waals surface area contributed by atoms with Crippen molar-refractivity contribution in [1.82, 2.24) is 0 Å². The molecule has 3 rings (SSSR count). The van der Waals surface area contributed by atoms with Gasteiger partial charge >= 0.3 is 0 Å². The third kappa shape index (κ3) is 3.55. The van der Waals surface area contributed by atoms with Gasteiger partial charge in [-0.05, 0) is 35.4 Å². The van der Waals surface area contributed by atoms with Crippen LogP contribution in [-0.4, -0.2) is 12.0 Å². The van der Waals surface area contributed by atoms with Crippen LogP contribution in [0.1, 0.15) is 0 Å². The first-order valence-electron chi connectivity index (χ1n) is 7.25. The van der Waals surface area contributed by atoms with Crippen LogP contribution in [0.25, 0.3) is 11.1 Å². The summed E-state index contributed by atoms with van der Waals surface area (Å²) in [5, 5.41) is 16.1. The van der Waals surface area contributed by atoms with E-state index in [9.17, 15) is 5.21 Å². The number of ether oxygens (including phenoxy) is 1. The molecule has 0 saturated carbocycles. The van der Waals surface area contributed by atoms with Gasteiger partial charge in [-0.2, -0.15) is 0 Å². The molecule has 0 bridgehead atoms. The molecule has 0 spiro atoms. The van der Waals surface area contributed by atoms with E-state index in [0.29, 0.717) is 22.0 Å². The van der Waals surface area contributed by atoms with E-state index in [4.69, 9.17) is 4.74 Å². The predicted molar refractivity (Wildman–Crippen MR) is 90.2 cm³/mol. The summed E-state index contributed by atoms with van der Waals surface area (Å²) in [7, 11) is 1.59. The molecule has 0 aliphatic carbocycles. The predicted octanol–water partition coefficient (Wildman–Crippen LogP) is 5.29. The van der Waals surface area contributed by atoms with Crippen LogP contribution in [0.5, 0.6) is 5.75 Å². The molecule has 0 aliphatic heterocycles. The van der Waals surface area contributed by atoms with Gasteiger partial charge in [0.1, 0.15) is 11.4 Å². The second-order valence-electron chi connectivity index (χ2n) is 4.98. The summed E-state index contributed by atoms with van der Waals surface area (Å²) in [6.45, 7) is 0.